The van der Waals surface area contributed by atoms with Crippen LogP contribution in [0, 0.1) is 5.92 Å². The monoisotopic (exact) mass is 172 g/mol. The number of rotatable bonds is 2. The Hall–Kier alpha value is -0.510. The van der Waals surface area contributed by atoms with Crippen LogP contribution in [0.2, 0.25) is 0 Å². The molecule has 0 saturated heterocycles. The van der Waals surface area contributed by atoms with Gasteiger partial charge in [0.1, 0.15) is 0 Å². The molecule has 0 saturated carbocycles. The summed E-state index contributed by atoms with van der Waals surface area (Å²) in [6.45, 7) is 6.01. The van der Waals surface area contributed by atoms with Crippen LogP contribution in [0.5, 0.6) is 0 Å². The van der Waals surface area contributed by atoms with Crippen molar-refractivity contribution >= 4 is 22.6 Å². The van der Waals surface area contributed by atoms with Gasteiger partial charge in [-0.2, -0.15) is 8.80 Å². The molecular formula is C7H12N2OS. The molecule has 3 nitrogen and oxygen atoms in total. The van der Waals surface area contributed by atoms with Crippen LogP contribution >= 0.6 is 0 Å². The molecule has 0 bridgehead atoms. The van der Waals surface area contributed by atoms with Gasteiger partial charge in [0.2, 0.25) is 0 Å². The summed E-state index contributed by atoms with van der Waals surface area (Å²) < 4.78 is 18.6. The Bertz CT molecular complexity index is 245. The fourth-order valence-electron chi connectivity index (χ4n) is 0.974. The minimum atomic E-state index is -1.33. The minimum absolute atomic E-state index is 0.380. The highest BCUT2D eigenvalue weighted by Crippen LogP contribution is 2.12. The zero-order valence-corrected chi connectivity index (χ0v) is 7.81. The van der Waals surface area contributed by atoms with E-state index in [9.17, 15) is 4.21 Å². The van der Waals surface area contributed by atoms with Gasteiger partial charge in [-0.25, -0.2) is 4.21 Å². The summed E-state index contributed by atoms with van der Waals surface area (Å²) >= 11 is -1.33. The van der Waals surface area contributed by atoms with Gasteiger partial charge in [0, 0.05) is 5.92 Å². The predicted octanol–water partition coefficient (Wildman–Crippen LogP) is 1.53. The van der Waals surface area contributed by atoms with E-state index in [0.29, 0.717) is 5.92 Å². The molecule has 1 heterocycles. The zero-order valence-electron chi connectivity index (χ0n) is 7.00. The molecule has 2 unspecified atom stereocenters. The Morgan fingerprint density at radius 2 is 2.18 bits per heavy atom. The third-order valence-electron chi connectivity index (χ3n) is 1.84. The largest absolute Gasteiger partial charge is 0.266 e. The second-order valence-electron chi connectivity index (χ2n) is 2.69. The molecule has 4 heteroatoms. The van der Waals surface area contributed by atoms with Gasteiger partial charge in [0.25, 0.3) is 11.2 Å². The van der Waals surface area contributed by atoms with Gasteiger partial charge in [0.05, 0.1) is 11.4 Å². The quantitative estimate of drug-likeness (QED) is 0.622. The van der Waals surface area contributed by atoms with Crippen LogP contribution in [-0.4, -0.2) is 15.6 Å². The summed E-state index contributed by atoms with van der Waals surface area (Å²) in [6.07, 6.45) is 1.02. The van der Waals surface area contributed by atoms with Crippen molar-refractivity contribution in [1.82, 2.24) is 0 Å². The van der Waals surface area contributed by atoms with E-state index in [1.165, 1.54) is 0 Å². The second kappa shape index (κ2) is 3.26. The molecule has 0 N–H and O–H groups in total. The van der Waals surface area contributed by atoms with E-state index >= 15 is 0 Å². The molecule has 1 aliphatic rings. The average molecular weight is 172 g/mol. The van der Waals surface area contributed by atoms with E-state index in [2.05, 4.69) is 22.6 Å². The van der Waals surface area contributed by atoms with Crippen molar-refractivity contribution in [2.24, 2.45) is 14.7 Å². The Labute approximate surface area is 69.4 Å². The van der Waals surface area contributed by atoms with E-state index in [-0.39, 0.29) is 0 Å². The third-order valence-corrected chi connectivity index (χ3v) is 2.62. The molecule has 0 fully saturated rings. The molecule has 1 rings (SSSR count). The van der Waals surface area contributed by atoms with Crippen LogP contribution in [0.15, 0.2) is 8.80 Å². The second-order valence-corrected chi connectivity index (χ2v) is 3.52. The molecule has 11 heavy (non-hydrogen) atoms. The molecule has 0 spiro atoms. The van der Waals surface area contributed by atoms with E-state index in [1.54, 1.807) is 0 Å². The fourth-order valence-corrected chi connectivity index (χ4v) is 1.82. The molecule has 0 aliphatic carbocycles. The first kappa shape index (κ1) is 8.59. The first-order chi connectivity index (χ1) is 5.15. The molecule has 0 aromatic carbocycles. The van der Waals surface area contributed by atoms with Gasteiger partial charge >= 0.3 is 0 Å². The molecule has 2 atom stereocenters. The van der Waals surface area contributed by atoms with Crippen molar-refractivity contribution in [1.29, 1.82) is 0 Å². The zero-order chi connectivity index (χ0) is 8.43. The highest BCUT2D eigenvalue weighted by Gasteiger charge is 2.18. The normalized spacial score (nSPS) is 26.3. The highest BCUT2D eigenvalue weighted by atomic mass is 32.2. The molecule has 1 aliphatic heterocycles. The Balaban J connectivity index is 2.82. The van der Waals surface area contributed by atoms with Gasteiger partial charge < -0.3 is 0 Å². The van der Waals surface area contributed by atoms with Crippen LogP contribution in [-0.2, 0) is 11.2 Å². The fraction of sp³-hybridized carbons (Fsp3) is 0.714. The minimum Gasteiger partial charge on any atom is -0.209 e. The first-order valence-electron chi connectivity index (χ1n) is 3.71. The maximum Gasteiger partial charge on any atom is 0.266 e. The molecule has 0 radical (unpaired) electrons. The van der Waals surface area contributed by atoms with Crippen LogP contribution < -0.4 is 0 Å². The van der Waals surface area contributed by atoms with Gasteiger partial charge in [-0.1, -0.05) is 13.8 Å². The molecular weight excluding hydrogens is 160 g/mol. The van der Waals surface area contributed by atoms with E-state index in [0.717, 1.165) is 17.8 Å². The van der Waals surface area contributed by atoms with Crippen molar-refractivity contribution in [3.8, 4) is 0 Å². The van der Waals surface area contributed by atoms with Crippen LogP contribution in [0.1, 0.15) is 27.2 Å². The lowest BCUT2D eigenvalue weighted by Crippen LogP contribution is -2.15. The van der Waals surface area contributed by atoms with E-state index in [4.69, 9.17) is 0 Å². The lowest BCUT2D eigenvalue weighted by atomic mass is 10.00. The lowest BCUT2D eigenvalue weighted by molar-refractivity contribution is 0.685. The standard InChI is InChI=1S/C7H12N2OS/c1-4-5(2)7-6(3)8-11(10)9-7/h5H,4H2,1-3H3. The first-order valence-corrected chi connectivity index (χ1v) is 4.77. The third kappa shape index (κ3) is 1.74. The smallest absolute Gasteiger partial charge is 0.209 e. The summed E-state index contributed by atoms with van der Waals surface area (Å²) in [5, 5.41) is 0. The molecule has 62 valence electrons. The van der Waals surface area contributed by atoms with Crippen LogP contribution in [0.3, 0.4) is 0 Å². The summed E-state index contributed by atoms with van der Waals surface area (Å²) in [7, 11) is 0. The van der Waals surface area contributed by atoms with Crippen molar-refractivity contribution in [3.63, 3.8) is 0 Å². The number of hydrogen-bond acceptors (Lipinski definition) is 1. The van der Waals surface area contributed by atoms with Crippen LogP contribution in [0.4, 0.5) is 0 Å². The summed E-state index contributed by atoms with van der Waals surface area (Å²) in [4.78, 5) is 0. The molecule has 0 amide bonds. The van der Waals surface area contributed by atoms with Crippen molar-refractivity contribution < 1.29 is 4.21 Å². The van der Waals surface area contributed by atoms with Gasteiger partial charge in [-0.3, -0.25) is 0 Å². The topological polar surface area (TPSA) is 41.8 Å². The Morgan fingerprint density at radius 1 is 1.55 bits per heavy atom. The predicted molar refractivity (Wildman–Crippen MR) is 48.1 cm³/mol. The van der Waals surface area contributed by atoms with Gasteiger partial charge in [-0.15, -0.1) is 0 Å². The molecule has 0 aromatic rings. The number of hydrogen-bond donors (Lipinski definition) is 0. The summed E-state index contributed by atoms with van der Waals surface area (Å²) in [5.41, 5.74) is 1.74. The highest BCUT2D eigenvalue weighted by molar-refractivity contribution is 7.83. The summed E-state index contributed by atoms with van der Waals surface area (Å²) in [5.74, 6) is 0.380. The maximum absolute atomic E-state index is 10.8. The Morgan fingerprint density at radius 3 is 2.55 bits per heavy atom. The molecule has 0 aromatic heterocycles. The van der Waals surface area contributed by atoms with E-state index in [1.807, 2.05) is 6.92 Å². The van der Waals surface area contributed by atoms with Crippen molar-refractivity contribution in [2.45, 2.75) is 27.2 Å². The number of nitrogens with zero attached hydrogens (tertiary/aromatic N) is 2. The SMILES string of the molecule is CCC(C)C1=NS(=O)N=C1C. The summed E-state index contributed by atoms with van der Waals surface area (Å²) in [6, 6.07) is 0. The van der Waals surface area contributed by atoms with E-state index < -0.39 is 11.2 Å². The van der Waals surface area contributed by atoms with Gasteiger partial charge in [-0.05, 0) is 13.3 Å². The average Bonchev–Trinajstić information content (AvgIpc) is 2.28. The van der Waals surface area contributed by atoms with Gasteiger partial charge in [0.15, 0.2) is 0 Å². The van der Waals surface area contributed by atoms with Crippen LogP contribution in [0.25, 0.3) is 0 Å². The lowest BCUT2D eigenvalue weighted by Gasteiger charge is -2.05. The maximum atomic E-state index is 10.8. The van der Waals surface area contributed by atoms with Crippen molar-refractivity contribution in [3.05, 3.63) is 0 Å². The Kier molecular flexibility index (Phi) is 2.54. The van der Waals surface area contributed by atoms with Crippen molar-refractivity contribution in [2.75, 3.05) is 0 Å².